The topological polar surface area (TPSA) is 113 Å². The van der Waals surface area contributed by atoms with Crippen LogP contribution >= 0.6 is 0 Å². The Balaban J connectivity index is 1.73. The number of carbonyl (C=O) groups excluding carboxylic acids is 2. The first-order valence-corrected chi connectivity index (χ1v) is 7.03. The highest BCUT2D eigenvalue weighted by Crippen LogP contribution is 2.15. The van der Waals surface area contributed by atoms with Crippen LogP contribution in [0.3, 0.4) is 0 Å². The van der Waals surface area contributed by atoms with E-state index in [2.05, 4.69) is 15.5 Å². The van der Waals surface area contributed by atoms with Gasteiger partial charge in [0, 0.05) is 5.56 Å². The van der Waals surface area contributed by atoms with Crippen LogP contribution in [0, 0.1) is 0 Å². The highest BCUT2D eigenvalue weighted by Gasteiger charge is 2.14. The molecule has 0 fully saturated rings. The third-order valence-electron chi connectivity index (χ3n) is 3.33. The number of amides is 1. The number of para-hydroxylation sites is 1. The molecule has 3 aromatic rings. The van der Waals surface area contributed by atoms with Gasteiger partial charge in [-0.05, 0) is 40.3 Å². The van der Waals surface area contributed by atoms with Crippen LogP contribution in [-0.4, -0.2) is 32.1 Å². The second-order valence-electron chi connectivity index (χ2n) is 4.91. The molecule has 120 valence electrons. The minimum atomic E-state index is -0.506. The number of hydrogen-bond donors (Lipinski definition) is 1. The Morgan fingerprint density at radius 2 is 1.83 bits per heavy atom. The Morgan fingerprint density at radius 3 is 2.50 bits per heavy atom. The van der Waals surface area contributed by atoms with E-state index in [1.807, 2.05) is 0 Å². The van der Waals surface area contributed by atoms with Gasteiger partial charge in [-0.3, -0.25) is 4.79 Å². The molecule has 0 saturated heterocycles. The number of hydrogen-bond acceptors (Lipinski definition) is 6. The van der Waals surface area contributed by atoms with E-state index in [1.165, 1.54) is 11.0 Å². The second-order valence-corrected chi connectivity index (χ2v) is 4.91. The van der Waals surface area contributed by atoms with Crippen molar-refractivity contribution >= 4 is 11.9 Å². The molecule has 0 saturated carbocycles. The average molecular weight is 323 g/mol. The smallest absolute Gasteiger partial charge is 0.340 e. The summed E-state index contributed by atoms with van der Waals surface area (Å²) in [6.07, 6.45) is 1.40. The summed E-state index contributed by atoms with van der Waals surface area (Å²) in [6, 6.07) is 13.4. The minimum absolute atomic E-state index is 0.0712. The molecular formula is C16H13N5O3. The number of esters is 1. The van der Waals surface area contributed by atoms with Crippen molar-refractivity contribution in [2.75, 3.05) is 0 Å². The van der Waals surface area contributed by atoms with Gasteiger partial charge in [-0.25, -0.2) is 4.79 Å². The molecule has 8 heteroatoms. The first kappa shape index (κ1) is 15.3. The lowest BCUT2D eigenvalue weighted by atomic mass is 10.1. The third kappa shape index (κ3) is 3.27. The third-order valence-corrected chi connectivity index (χ3v) is 3.33. The van der Waals surface area contributed by atoms with E-state index in [0.29, 0.717) is 16.8 Å². The van der Waals surface area contributed by atoms with Gasteiger partial charge in [0.15, 0.2) is 0 Å². The van der Waals surface area contributed by atoms with Gasteiger partial charge in [-0.1, -0.05) is 24.3 Å². The summed E-state index contributed by atoms with van der Waals surface area (Å²) in [5, 5.41) is 10.9. The molecule has 0 bridgehead atoms. The van der Waals surface area contributed by atoms with Gasteiger partial charge in [0.2, 0.25) is 5.91 Å². The number of nitrogens with two attached hydrogens (primary N) is 1. The first-order valence-electron chi connectivity index (χ1n) is 7.03. The molecule has 0 aliphatic heterocycles. The monoisotopic (exact) mass is 323 g/mol. The molecular weight excluding hydrogens is 310 g/mol. The van der Waals surface area contributed by atoms with Gasteiger partial charge < -0.3 is 10.5 Å². The van der Waals surface area contributed by atoms with E-state index < -0.39 is 11.9 Å². The highest BCUT2D eigenvalue weighted by molar-refractivity contribution is 5.93. The van der Waals surface area contributed by atoms with E-state index in [-0.39, 0.29) is 6.61 Å². The van der Waals surface area contributed by atoms with Crippen molar-refractivity contribution in [3.63, 3.8) is 0 Å². The van der Waals surface area contributed by atoms with Crippen molar-refractivity contribution in [1.82, 2.24) is 20.2 Å². The Hall–Kier alpha value is -3.55. The highest BCUT2D eigenvalue weighted by atomic mass is 16.5. The summed E-state index contributed by atoms with van der Waals surface area (Å²) in [5.74, 6) is -1.01. The van der Waals surface area contributed by atoms with E-state index in [9.17, 15) is 9.59 Å². The van der Waals surface area contributed by atoms with E-state index in [4.69, 9.17) is 10.5 Å². The van der Waals surface area contributed by atoms with Crippen molar-refractivity contribution in [2.24, 2.45) is 5.73 Å². The zero-order valence-corrected chi connectivity index (χ0v) is 12.5. The van der Waals surface area contributed by atoms with Gasteiger partial charge >= 0.3 is 5.97 Å². The molecule has 2 N–H and O–H groups in total. The molecule has 24 heavy (non-hydrogen) atoms. The van der Waals surface area contributed by atoms with Crippen molar-refractivity contribution in [2.45, 2.75) is 6.61 Å². The quantitative estimate of drug-likeness (QED) is 0.704. The summed E-state index contributed by atoms with van der Waals surface area (Å²) in [5.41, 5.74) is 7.19. The Morgan fingerprint density at radius 1 is 1.08 bits per heavy atom. The Labute approximate surface area is 136 Å². The largest absolute Gasteiger partial charge is 0.457 e. The molecule has 0 radical (unpaired) electrons. The molecule has 3 rings (SSSR count). The zero-order chi connectivity index (χ0) is 16.9. The predicted molar refractivity (Wildman–Crippen MR) is 83.2 cm³/mol. The lowest BCUT2D eigenvalue weighted by Gasteiger charge is -2.09. The predicted octanol–water partition coefficient (Wildman–Crippen LogP) is 1.12. The maximum Gasteiger partial charge on any atom is 0.340 e. The van der Waals surface area contributed by atoms with Crippen molar-refractivity contribution in [3.8, 4) is 5.69 Å². The number of benzene rings is 2. The van der Waals surface area contributed by atoms with Crippen LogP contribution < -0.4 is 5.73 Å². The summed E-state index contributed by atoms with van der Waals surface area (Å²) < 4.78 is 6.70. The van der Waals surface area contributed by atoms with Crippen LogP contribution in [0.4, 0.5) is 0 Å². The average Bonchev–Trinajstić information content (AvgIpc) is 3.14. The summed E-state index contributed by atoms with van der Waals surface area (Å²) >= 11 is 0. The van der Waals surface area contributed by atoms with Crippen LogP contribution in [-0.2, 0) is 11.3 Å². The fourth-order valence-corrected chi connectivity index (χ4v) is 2.11. The van der Waals surface area contributed by atoms with Crippen LogP contribution in [0.2, 0.25) is 0 Å². The van der Waals surface area contributed by atoms with Gasteiger partial charge in [0.25, 0.3) is 0 Å². The molecule has 0 atom stereocenters. The van der Waals surface area contributed by atoms with E-state index >= 15 is 0 Å². The van der Waals surface area contributed by atoms with Crippen LogP contribution in [0.1, 0.15) is 26.3 Å². The molecule has 0 aliphatic rings. The van der Waals surface area contributed by atoms with E-state index in [0.717, 1.165) is 5.56 Å². The standard InChI is InChI=1S/C16H13N5O3/c17-15(22)12-7-5-11(6-8-12)9-24-16(23)13-3-1-2-4-14(13)21-10-18-19-20-21/h1-8,10H,9H2,(H2,17,22). The molecule has 0 aliphatic carbocycles. The van der Waals surface area contributed by atoms with Crippen molar-refractivity contribution in [3.05, 3.63) is 71.5 Å². The molecule has 0 unspecified atom stereocenters. The van der Waals surface area contributed by atoms with Crippen LogP contribution in [0.15, 0.2) is 54.9 Å². The summed E-state index contributed by atoms with van der Waals surface area (Å²) in [7, 11) is 0. The molecule has 8 nitrogen and oxygen atoms in total. The fraction of sp³-hybridized carbons (Fsp3) is 0.0625. The number of ether oxygens (including phenoxy) is 1. The van der Waals surface area contributed by atoms with E-state index in [1.54, 1.807) is 48.5 Å². The van der Waals surface area contributed by atoms with Crippen LogP contribution in [0.25, 0.3) is 5.69 Å². The number of rotatable bonds is 5. The van der Waals surface area contributed by atoms with Gasteiger partial charge in [0.05, 0.1) is 11.3 Å². The normalized spacial score (nSPS) is 10.3. The number of nitrogens with zero attached hydrogens (tertiary/aromatic N) is 4. The number of tetrazole rings is 1. The molecule has 1 amide bonds. The lowest BCUT2D eigenvalue weighted by molar-refractivity contribution is 0.0472. The van der Waals surface area contributed by atoms with Gasteiger partial charge in [-0.2, -0.15) is 4.68 Å². The molecule has 2 aromatic carbocycles. The minimum Gasteiger partial charge on any atom is -0.457 e. The number of primary amides is 1. The van der Waals surface area contributed by atoms with Crippen molar-refractivity contribution < 1.29 is 14.3 Å². The lowest BCUT2D eigenvalue weighted by Crippen LogP contribution is -2.11. The number of aromatic nitrogens is 4. The van der Waals surface area contributed by atoms with Gasteiger partial charge in [0.1, 0.15) is 12.9 Å². The molecule has 0 spiro atoms. The fourth-order valence-electron chi connectivity index (χ4n) is 2.11. The second kappa shape index (κ2) is 6.69. The van der Waals surface area contributed by atoms with Crippen LogP contribution in [0.5, 0.6) is 0 Å². The summed E-state index contributed by atoms with van der Waals surface area (Å²) in [6.45, 7) is 0.0712. The number of carbonyl (C=O) groups is 2. The zero-order valence-electron chi connectivity index (χ0n) is 12.5. The van der Waals surface area contributed by atoms with Gasteiger partial charge in [-0.15, -0.1) is 5.10 Å². The van der Waals surface area contributed by atoms with Crippen molar-refractivity contribution in [1.29, 1.82) is 0 Å². The SMILES string of the molecule is NC(=O)c1ccc(COC(=O)c2ccccc2-n2cnnn2)cc1. The summed E-state index contributed by atoms with van der Waals surface area (Å²) in [4.78, 5) is 23.4. The first-order chi connectivity index (χ1) is 11.6. The molecule has 1 aromatic heterocycles. The Bertz CT molecular complexity index is 860. The molecule has 1 heterocycles. The Kier molecular flexibility index (Phi) is 4.28. The maximum absolute atomic E-state index is 12.3. The maximum atomic E-state index is 12.3.